The first-order valence-electron chi connectivity index (χ1n) is 7.88. The zero-order valence-corrected chi connectivity index (χ0v) is 14.8. The molecule has 1 N–H and O–H groups in total. The van der Waals surface area contributed by atoms with Crippen LogP contribution in [0.4, 0.5) is 5.69 Å². The number of hydrogen-bond donors (Lipinski definition) is 1. The van der Waals surface area contributed by atoms with E-state index in [9.17, 15) is 0 Å². The molecule has 2 nitrogen and oxygen atoms in total. The normalized spacial score (nSPS) is 20.1. The monoisotopic (exact) mass is 366 g/mol. The highest BCUT2D eigenvalue weighted by atomic mass is 35.5. The molecule has 2 aromatic rings. The number of halogens is 3. The lowest BCUT2D eigenvalue weighted by molar-refractivity contribution is 0.612. The fourth-order valence-electron chi connectivity index (χ4n) is 3.69. The van der Waals surface area contributed by atoms with Gasteiger partial charge in [-0.2, -0.15) is 0 Å². The minimum Gasteiger partial charge on any atom is -0.367 e. The summed E-state index contributed by atoms with van der Waals surface area (Å²) in [4.78, 5) is 2.52. The summed E-state index contributed by atoms with van der Waals surface area (Å²) in [6.45, 7) is 3.17. The summed E-state index contributed by atoms with van der Waals surface area (Å²) in [6.07, 6.45) is 2.31. The third kappa shape index (κ3) is 2.83. The molecule has 2 heterocycles. The van der Waals surface area contributed by atoms with Crippen molar-refractivity contribution in [3.8, 4) is 11.1 Å². The predicted molar refractivity (Wildman–Crippen MR) is 99.2 cm³/mol. The van der Waals surface area contributed by atoms with Crippen molar-refractivity contribution in [1.82, 2.24) is 5.32 Å². The lowest BCUT2D eigenvalue weighted by atomic mass is 10.0. The van der Waals surface area contributed by atoms with Gasteiger partial charge < -0.3 is 10.2 Å². The lowest BCUT2D eigenvalue weighted by Gasteiger charge is -2.25. The van der Waals surface area contributed by atoms with Crippen LogP contribution in [0.1, 0.15) is 12.0 Å². The Kier molecular flexibility index (Phi) is 4.19. The topological polar surface area (TPSA) is 15.3 Å². The van der Waals surface area contributed by atoms with Gasteiger partial charge in [-0.1, -0.05) is 46.9 Å². The summed E-state index contributed by atoms with van der Waals surface area (Å²) in [5, 5.41) is 5.22. The van der Waals surface area contributed by atoms with Crippen molar-refractivity contribution in [2.75, 3.05) is 24.5 Å². The van der Waals surface area contributed by atoms with Crippen molar-refractivity contribution in [2.24, 2.45) is 0 Å². The van der Waals surface area contributed by atoms with Gasteiger partial charge in [0.15, 0.2) is 0 Å². The third-order valence-electron chi connectivity index (χ3n) is 4.77. The van der Waals surface area contributed by atoms with E-state index in [-0.39, 0.29) is 0 Å². The van der Waals surface area contributed by atoms with Crippen LogP contribution >= 0.6 is 34.8 Å². The maximum atomic E-state index is 6.39. The van der Waals surface area contributed by atoms with E-state index >= 15 is 0 Å². The average molecular weight is 368 g/mol. The first-order valence-corrected chi connectivity index (χ1v) is 9.02. The molecule has 0 saturated carbocycles. The SMILES string of the molecule is Clc1cc(Cl)c(-c2ccc3c(c2)N2CCNCCC2C3)c(Cl)c1. The van der Waals surface area contributed by atoms with E-state index in [0.717, 1.165) is 37.2 Å². The minimum atomic E-state index is 0.559. The number of fused-ring (bicyclic) bond motifs is 3. The Balaban J connectivity index is 1.78. The van der Waals surface area contributed by atoms with Crippen LogP contribution in [0.15, 0.2) is 30.3 Å². The fourth-order valence-corrected chi connectivity index (χ4v) is 4.73. The largest absolute Gasteiger partial charge is 0.367 e. The molecule has 0 bridgehead atoms. The second kappa shape index (κ2) is 6.18. The third-order valence-corrected chi connectivity index (χ3v) is 5.58. The van der Waals surface area contributed by atoms with Gasteiger partial charge in [0, 0.05) is 35.4 Å². The van der Waals surface area contributed by atoms with Crippen molar-refractivity contribution in [1.29, 1.82) is 0 Å². The molecule has 2 aromatic carbocycles. The molecule has 0 amide bonds. The van der Waals surface area contributed by atoms with E-state index in [1.807, 2.05) is 0 Å². The van der Waals surface area contributed by atoms with Gasteiger partial charge >= 0.3 is 0 Å². The van der Waals surface area contributed by atoms with Crippen LogP contribution in [-0.2, 0) is 6.42 Å². The van der Waals surface area contributed by atoms with Gasteiger partial charge in [0.2, 0.25) is 0 Å². The number of anilines is 1. The Morgan fingerprint density at radius 1 is 1.00 bits per heavy atom. The standard InChI is InChI=1S/C18H17Cl3N2/c19-13-9-15(20)18(16(21)10-13)12-2-1-11-7-14-3-4-22-5-6-23(14)17(11)8-12/h1-2,8-10,14,22H,3-7H2. The summed E-state index contributed by atoms with van der Waals surface area (Å²) < 4.78 is 0. The highest BCUT2D eigenvalue weighted by Gasteiger charge is 2.30. The van der Waals surface area contributed by atoms with Crippen LogP contribution in [0.3, 0.4) is 0 Å². The Bertz CT molecular complexity index is 737. The lowest BCUT2D eigenvalue weighted by Crippen LogP contribution is -2.32. The highest BCUT2D eigenvalue weighted by molar-refractivity contribution is 6.41. The molecule has 120 valence electrons. The van der Waals surface area contributed by atoms with E-state index in [4.69, 9.17) is 34.8 Å². The molecule has 4 rings (SSSR count). The zero-order valence-electron chi connectivity index (χ0n) is 12.6. The molecule has 0 radical (unpaired) electrons. The second-order valence-corrected chi connectivity index (χ2v) is 7.43. The first kappa shape index (κ1) is 15.6. The van der Waals surface area contributed by atoms with E-state index in [1.165, 1.54) is 17.7 Å². The van der Waals surface area contributed by atoms with Gasteiger partial charge in [-0.3, -0.25) is 0 Å². The molecule has 1 unspecified atom stereocenters. The number of nitrogens with zero attached hydrogens (tertiary/aromatic N) is 1. The molecular weight excluding hydrogens is 351 g/mol. The van der Waals surface area contributed by atoms with Crippen LogP contribution in [0.25, 0.3) is 11.1 Å². The maximum absolute atomic E-state index is 6.39. The molecule has 23 heavy (non-hydrogen) atoms. The first-order chi connectivity index (χ1) is 11.1. The minimum absolute atomic E-state index is 0.559. The molecule has 0 spiro atoms. The average Bonchev–Trinajstić information content (AvgIpc) is 2.68. The summed E-state index contributed by atoms with van der Waals surface area (Å²) >= 11 is 18.8. The van der Waals surface area contributed by atoms with Crippen molar-refractivity contribution >= 4 is 40.5 Å². The summed E-state index contributed by atoms with van der Waals surface area (Å²) in [7, 11) is 0. The molecule has 1 saturated heterocycles. The van der Waals surface area contributed by atoms with Crippen molar-refractivity contribution in [3.05, 3.63) is 51.0 Å². The Labute approximate surface area is 151 Å². The van der Waals surface area contributed by atoms with Gasteiger partial charge in [0.05, 0.1) is 10.0 Å². The Morgan fingerprint density at radius 3 is 2.57 bits per heavy atom. The van der Waals surface area contributed by atoms with Crippen LogP contribution < -0.4 is 10.2 Å². The Morgan fingerprint density at radius 2 is 1.78 bits per heavy atom. The summed E-state index contributed by atoms with van der Waals surface area (Å²) in [5.74, 6) is 0. The van der Waals surface area contributed by atoms with Gasteiger partial charge in [-0.25, -0.2) is 0 Å². The van der Waals surface area contributed by atoms with Gasteiger partial charge in [-0.15, -0.1) is 0 Å². The number of nitrogens with one attached hydrogen (secondary N) is 1. The number of rotatable bonds is 1. The van der Waals surface area contributed by atoms with Crippen LogP contribution in [0.2, 0.25) is 15.1 Å². The summed E-state index contributed by atoms with van der Waals surface area (Å²) in [6, 6.07) is 10.7. The van der Waals surface area contributed by atoms with E-state index in [0.29, 0.717) is 21.1 Å². The molecule has 1 atom stereocenters. The van der Waals surface area contributed by atoms with Crippen molar-refractivity contribution < 1.29 is 0 Å². The fraction of sp³-hybridized carbons (Fsp3) is 0.333. The van der Waals surface area contributed by atoms with Gasteiger partial charge in [-0.05, 0) is 48.7 Å². The van der Waals surface area contributed by atoms with Crippen molar-refractivity contribution in [3.63, 3.8) is 0 Å². The maximum Gasteiger partial charge on any atom is 0.0514 e. The smallest absolute Gasteiger partial charge is 0.0514 e. The molecule has 1 fully saturated rings. The second-order valence-electron chi connectivity index (χ2n) is 6.18. The highest BCUT2D eigenvalue weighted by Crippen LogP contribution is 2.41. The molecule has 0 aliphatic carbocycles. The number of hydrogen-bond acceptors (Lipinski definition) is 2. The molecule has 5 heteroatoms. The van der Waals surface area contributed by atoms with E-state index in [1.54, 1.807) is 12.1 Å². The predicted octanol–water partition coefficient (Wildman–Crippen LogP) is 5.04. The van der Waals surface area contributed by atoms with Crippen LogP contribution in [0.5, 0.6) is 0 Å². The van der Waals surface area contributed by atoms with E-state index in [2.05, 4.69) is 28.4 Å². The van der Waals surface area contributed by atoms with Crippen LogP contribution in [0, 0.1) is 0 Å². The van der Waals surface area contributed by atoms with Gasteiger partial charge in [0.1, 0.15) is 0 Å². The van der Waals surface area contributed by atoms with Crippen molar-refractivity contribution in [2.45, 2.75) is 18.9 Å². The zero-order chi connectivity index (χ0) is 16.0. The molecule has 0 aromatic heterocycles. The van der Waals surface area contributed by atoms with E-state index < -0.39 is 0 Å². The van der Waals surface area contributed by atoms with Gasteiger partial charge in [0.25, 0.3) is 0 Å². The summed E-state index contributed by atoms with van der Waals surface area (Å²) in [5.41, 5.74) is 4.64. The molecule has 2 aliphatic rings. The van der Waals surface area contributed by atoms with Crippen LogP contribution in [-0.4, -0.2) is 25.7 Å². The molecular formula is C18H17Cl3N2. The Hall–Kier alpha value is -0.930. The molecule has 2 aliphatic heterocycles. The number of benzene rings is 2. The quantitative estimate of drug-likeness (QED) is 0.759.